The summed E-state index contributed by atoms with van der Waals surface area (Å²) < 4.78 is 32.5. The minimum Gasteiger partial charge on any atom is -0.379 e. The van der Waals surface area contributed by atoms with Crippen molar-refractivity contribution < 1.29 is 17.9 Å². The average Bonchev–Trinajstić information content (AvgIpc) is 2.62. The Morgan fingerprint density at radius 2 is 1.96 bits per heavy atom. The van der Waals surface area contributed by atoms with Crippen molar-refractivity contribution in [2.45, 2.75) is 32.1 Å². The fraction of sp³-hybridized carbons (Fsp3) is 0.632. The summed E-state index contributed by atoms with van der Waals surface area (Å²) in [5.41, 5.74) is 1.16. The third-order valence-corrected chi connectivity index (χ3v) is 6.60. The molecule has 1 aromatic rings. The van der Waals surface area contributed by atoms with E-state index in [0.717, 1.165) is 13.0 Å². The molecule has 0 saturated carbocycles. The lowest BCUT2D eigenvalue weighted by Gasteiger charge is -2.27. The normalized spacial score (nSPS) is 16.1. The molecule has 7 nitrogen and oxygen atoms in total. The lowest BCUT2D eigenvalue weighted by atomic mass is 10.1. The number of hydrogen-bond donors (Lipinski definition) is 1. The summed E-state index contributed by atoms with van der Waals surface area (Å²) in [6.07, 6.45) is 1.02. The van der Waals surface area contributed by atoms with Crippen LogP contribution in [0.2, 0.25) is 0 Å². The number of aryl methyl sites for hydroxylation is 1. The summed E-state index contributed by atoms with van der Waals surface area (Å²) in [7, 11) is -1.69. The monoisotopic (exact) mass is 397 g/mol. The molecule has 8 heteroatoms. The van der Waals surface area contributed by atoms with Gasteiger partial charge in [0.15, 0.2) is 0 Å². The van der Waals surface area contributed by atoms with Gasteiger partial charge in [-0.15, -0.1) is 0 Å². The number of benzene rings is 1. The number of amides is 1. The molecular weight excluding hydrogens is 366 g/mol. The first-order chi connectivity index (χ1) is 12.7. The number of nitrogens with one attached hydrogen (secondary N) is 1. The number of ether oxygens (including phenoxy) is 1. The molecule has 1 aliphatic rings. The molecule has 1 N–H and O–H groups in total. The van der Waals surface area contributed by atoms with E-state index in [2.05, 4.69) is 19.2 Å². The van der Waals surface area contributed by atoms with E-state index in [0.29, 0.717) is 43.5 Å². The zero-order chi connectivity index (χ0) is 20.0. The van der Waals surface area contributed by atoms with E-state index in [1.807, 2.05) is 11.9 Å². The number of nitrogens with zero attached hydrogens (tertiary/aromatic N) is 2. The Balaban J connectivity index is 2.07. The van der Waals surface area contributed by atoms with E-state index in [1.54, 1.807) is 25.1 Å². The van der Waals surface area contributed by atoms with Gasteiger partial charge in [0.25, 0.3) is 0 Å². The first kappa shape index (κ1) is 21.8. The van der Waals surface area contributed by atoms with Crippen LogP contribution in [0.1, 0.15) is 25.8 Å². The maximum absolute atomic E-state index is 12.9. The first-order valence-electron chi connectivity index (χ1n) is 9.37. The Morgan fingerprint density at radius 3 is 2.59 bits per heavy atom. The summed E-state index contributed by atoms with van der Waals surface area (Å²) in [5, 5.41) is 2.81. The van der Waals surface area contributed by atoms with Crippen LogP contribution in [0.4, 0.5) is 5.69 Å². The first-order valence-corrected chi connectivity index (χ1v) is 10.8. The fourth-order valence-electron chi connectivity index (χ4n) is 2.89. The number of hydrogen-bond acceptors (Lipinski definition) is 5. The molecule has 0 spiro atoms. The van der Waals surface area contributed by atoms with Gasteiger partial charge in [-0.25, -0.2) is 8.42 Å². The summed E-state index contributed by atoms with van der Waals surface area (Å²) >= 11 is 0. The van der Waals surface area contributed by atoms with Gasteiger partial charge in [0.2, 0.25) is 15.9 Å². The standard InChI is InChI=1S/C19H31N3O4S/c1-15(2)7-8-21(4)14-19(23)20-17-6-5-16(3)18(13-17)27(24,25)22-9-11-26-12-10-22/h5-6,13,15H,7-12,14H2,1-4H3,(H,20,23). The van der Waals surface area contributed by atoms with E-state index < -0.39 is 10.0 Å². The maximum Gasteiger partial charge on any atom is 0.243 e. The number of likely N-dealkylation sites (N-methyl/N-ethyl adjacent to an activating group) is 1. The number of sulfonamides is 1. The Kier molecular flexibility index (Phi) is 7.79. The molecule has 0 bridgehead atoms. The molecule has 1 aliphatic heterocycles. The van der Waals surface area contributed by atoms with Crippen molar-refractivity contribution in [2.75, 3.05) is 51.8 Å². The van der Waals surface area contributed by atoms with E-state index in [1.165, 1.54) is 4.31 Å². The van der Waals surface area contributed by atoms with Crippen LogP contribution in [-0.2, 0) is 19.6 Å². The van der Waals surface area contributed by atoms with Crippen LogP contribution in [0.3, 0.4) is 0 Å². The number of anilines is 1. The molecule has 0 atom stereocenters. The van der Waals surface area contributed by atoms with Crippen molar-refractivity contribution >= 4 is 21.6 Å². The number of carbonyl (C=O) groups is 1. The summed E-state index contributed by atoms with van der Waals surface area (Å²) in [5.74, 6) is 0.431. The van der Waals surface area contributed by atoms with Crippen LogP contribution in [0.5, 0.6) is 0 Å². The fourth-order valence-corrected chi connectivity index (χ4v) is 4.54. The van der Waals surface area contributed by atoms with E-state index in [4.69, 9.17) is 4.74 Å². The molecule has 0 unspecified atom stereocenters. The van der Waals surface area contributed by atoms with Gasteiger partial charge in [-0.05, 0) is 50.6 Å². The highest BCUT2D eigenvalue weighted by Crippen LogP contribution is 2.24. The third kappa shape index (κ3) is 6.27. The predicted molar refractivity (Wildman–Crippen MR) is 106 cm³/mol. The van der Waals surface area contributed by atoms with Gasteiger partial charge in [-0.1, -0.05) is 19.9 Å². The molecule has 1 saturated heterocycles. The largest absolute Gasteiger partial charge is 0.379 e. The lowest BCUT2D eigenvalue weighted by Crippen LogP contribution is -2.40. The van der Waals surface area contributed by atoms with Crippen LogP contribution in [0.15, 0.2) is 23.1 Å². The highest BCUT2D eigenvalue weighted by molar-refractivity contribution is 7.89. The van der Waals surface area contributed by atoms with Gasteiger partial charge in [0.1, 0.15) is 0 Å². The highest BCUT2D eigenvalue weighted by atomic mass is 32.2. The molecule has 27 heavy (non-hydrogen) atoms. The molecule has 1 heterocycles. The number of carbonyl (C=O) groups excluding carboxylic acids is 1. The summed E-state index contributed by atoms with van der Waals surface area (Å²) in [6, 6.07) is 5.01. The maximum atomic E-state index is 12.9. The minimum absolute atomic E-state index is 0.153. The molecule has 1 fully saturated rings. The van der Waals surface area contributed by atoms with Crippen molar-refractivity contribution in [2.24, 2.45) is 5.92 Å². The van der Waals surface area contributed by atoms with Crippen molar-refractivity contribution in [3.63, 3.8) is 0 Å². The van der Waals surface area contributed by atoms with Gasteiger partial charge in [0, 0.05) is 18.8 Å². The molecule has 0 radical (unpaired) electrons. The predicted octanol–water partition coefficient (Wildman–Crippen LogP) is 1.93. The van der Waals surface area contributed by atoms with Crippen molar-refractivity contribution in [3.05, 3.63) is 23.8 Å². The van der Waals surface area contributed by atoms with Gasteiger partial charge in [-0.2, -0.15) is 4.31 Å². The van der Waals surface area contributed by atoms with Crippen LogP contribution in [0.25, 0.3) is 0 Å². The molecule has 1 amide bonds. The molecule has 0 aliphatic carbocycles. The van der Waals surface area contributed by atoms with Crippen LogP contribution < -0.4 is 5.32 Å². The summed E-state index contributed by atoms with van der Waals surface area (Å²) in [4.78, 5) is 14.5. The number of morpholine rings is 1. The van der Waals surface area contributed by atoms with Gasteiger partial charge in [0.05, 0.1) is 24.7 Å². The smallest absolute Gasteiger partial charge is 0.243 e. The topological polar surface area (TPSA) is 79.0 Å². The molecule has 2 rings (SSSR count). The average molecular weight is 398 g/mol. The van der Waals surface area contributed by atoms with Gasteiger partial charge >= 0.3 is 0 Å². The van der Waals surface area contributed by atoms with Crippen LogP contribution in [-0.4, -0.2) is 70.0 Å². The third-order valence-electron chi connectivity index (χ3n) is 4.56. The Hall–Kier alpha value is -1.48. The molecule has 0 aromatic heterocycles. The van der Waals surface area contributed by atoms with Crippen molar-refractivity contribution in [1.29, 1.82) is 0 Å². The molecular formula is C19H31N3O4S. The number of rotatable bonds is 8. The Labute approximate surface area is 162 Å². The van der Waals surface area contributed by atoms with Crippen LogP contribution >= 0.6 is 0 Å². The molecule has 152 valence electrons. The van der Waals surface area contributed by atoms with E-state index in [-0.39, 0.29) is 17.3 Å². The zero-order valence-electron chi connectivity index (χ0n) is 16.7. The molecule has 1 aromatic carbocycles. The zero-order valence-corrected chi connectivity index (χ0v) is 17.5. The minimum atomic E-state index is -3.60. The Bertz CT molecular complexity index is 743. The lowest BCUT2D eigenvalue weighted by molar-refractivity contribution is -0.117. The highest BCUT2D eigenvalue weighted by Gasteiger charge is 2.28. The second kappa shape index (κ2) is 9.64. The quantitative estimate of drug-likeness (QED) is 0.725. The summed E-state index contributed by atoms with van der Waals surface area (Å²) in [6.45, 7) is 8.67. The van der Waals surface area contributed by atoms with Crippen molar-refractivity contribution in [3.8, 4) is 0 Å². The second-order valence-corrected chi connectivity index (χ2v) is 9.37. The SMILES string of the molecule is Cc1ccc(NC(=O)CN(C)CCC(C)C)cc1S(=O)(=O)N1CCOCC1. The van der Waals surface area contributed by atoms with Crippen LogP contribution in [0, 0.1) is 12.8 Å². The Morgan fingerprint density at radius 1 is 1.30 bits per heavy atom. The van der Waals surface area contributed by atoms with Gasteiger partial charge in [-0.3, -0.25) is 9.69 Å². The van der Waals surface area contributed by atoms with Crippen molar-refractivity contribution in [1.82, 2.24) is 9.21 Å². The van der Waals surface area contributed by atoms with E-state index in [9.17, 15) is 13.2 Å². The van der Waals surface area contributed by atoms with Gasteiger partial charge < -0.3 is 10.1 Å². The van der Waals surface area contributed by atoms with E-state index >= 15 is 0 Å². The second-order valence-electron chi connectivity index (χ2n) is 7.47.